The Bertz CT molecular complexity index is 1550. The number of aromatic nitrogens is 1. The second-order valence-electron chi connectivity index (χ2n) is 10.1. The van der Waals surface area contributed by atoms with E-state index in [1.165, 1.54) is 18.2 Å². The van der Waals surface area contributed by atoms with E-state index in [1.54, 1.807) is 4.90 Å². The Balaban J connectivity index is 1.65. The first-order valence-corrected chi connectivity index (χ1v) is 12.8. The van der Waals surface area contributed by atoms with Crippen molar-refractivity contribution in [1.29, 1.82) is 0 Å². The summed E-state index contributed by atoms with van der Waals surface area (Å²) in [4.78, 5) is 30.6. The summed E-state index contributed by atoms with van der Waals surface area (Å²) in [5.74, 6) is -2.78. The number of rotatable bonds is 4. The molecule has 41 heavy (non-hydrogen) atoms. The van der Waals surface area contributed by atoms with Crippen molar-refractivity contribution < 1.29 is 36.2 Å². The topological polar surface area (TPSA) is 86.9 Å². The molecule has 5 rings (SSSR count). The number of halogens is 5. The predicted molar refractivity (Wildman–Crippen MR) is 142 cm³/mol. The minimum Gasteiger partial charge on any atom is -0.486 e. The van der Waals surface area contributed by atoms with Gasteiger partial charge in [0.15, 0.2) is 17.3 Å². The molecule has 1 fully saturated rings. The number of carbonyl (C=O) groups excluding carboxylic acids is 1. The van der Waals surface area contributed by atoms with Crippen LogP contribution in [0.15, 0.2) is 41.3 Å². The van der Waals surface area contributed by atoms with Crippen LogP contribution in [0.1, 0.15) is 29.8 Å². The predicted octanol–water partition coefficient (Wildman–Crippen LogP) is 4.89. The fourth-order valence-corrected chi connectivity index (χ4v) is 5.11. The highest BCUT2D eigenvalue weighted by Gasteiger charge is 2.37. The molecule has 0 bridgehead atoms. The Morgan fingerprint density at radius 1 is 1.02 bits per heavy atom. The van der Waals surface area contributed by atoms with Crippen LogP contribution in [-0.2, 0) is 6.18 Å². The van der Waals surface area contributed by atoms with E-state index in [2.05, 4.69) is 15.2 Å². The number of ether oxygens (including phenoxy) is 2. The van der Waals surface area contributed by atoms with Crippen molar-refractivity contribution in [1.82, 2.24) is 9.88 Å². The lowest BCUT2D eigenvalue weighted by atomic mass is 9.99. The molecule has 2 aliphatic heterocycles. The van der Waals surface area contributed by atoms with Crippen LogP contribution < -0.4 is 25.2 Å². The summed E-state index contributed by atoms with van der Waals surface area (Å²) < 4.78 is 84.1. The quantitative estimate of drug-likeness (QED) is 0.429. The lowest BCUT2D eigenvalue weighted by Crippen LogP contribution is -2.55. The summed E-state index contributed by atoms with van der Waals surface area (Å²) in [6.07, 6.45) is -4.42. The molecule has 0 spiro atoms. The molecule has 1 saturated heterocycles. The number of nitrogens with one attached hydrogen (secondary N) is 2. The molecule has 0 aliphatic carbocycles. The molecular weight excluding hydrogens is 551 g/mol. The van der Waals surface area contributed by atoms with Crippen molar-refractivity contribution in [3.05, 3.63) is 69.6 Å². The zero-order valence-corrected chi connectivity index (χ0v) is 22.4. The second kappa shape index (κ2) is 10.7. The van der Waals surface area contributed by atoms with Crippen LogP contribution in [0.3, 0.4) is 0 Å². The third-order valence-electron chi connectivity index (χ3n) is 7.44. The number of aromatic amines is 1. The molecule has 3 heterocycles. The Labute approximate surface area is 231 Å². The van der Waals surface area contributed by atoms with Gasteiger partial charge in [-0.1, -0.05) is 6.07 Å². The van der Waals surface area contributed by atoms with Gasteiger partial charge in [-0.15, -0.1) is 0 Å². The van der Waals surface area contributed by atoms with Gasteiger partial charge in [0.25, 0.3) is 5.91 Å². The van der Waals surface area contributed by atoms with E-state index in [0.717, 1.165) is 6.07 Å². The van der Waals surface area contributed by atoms with E-state index < -0.39 is 51.7 Å². The van der Waals surface area contributed by atoms with Gasteiger partial charge in [0, 0.05) is 43.5 Å². The standard InChI is InChI=1S/C28H27F5N4O4/c1-14-12-37(13-15(2)36(14)3)20-10-19(29)24(16-4-5-21-22(8-16)41-7-6-40-21)25(30)26(20)35-27(39)17-11-34-23(38)9-18(17)28(31,32)33/h4-5,8-11,14-15H,6-7,12-13H2,1-3H3,(H,34,38)(H,35,39). The van der Waals surface area contributed by atoms with Crippen molar-refractivity contribution >= 4 is 17.3 Å². The number of alkyl halides is 3. The number of fused-ring (bicyclic) bond motifs is 1. The first kappa shape index (κ1) is 28.4. The SMILES string of the molecule is CC1CN(c2cc(F)c(-c3ccc4c(c3)OCCO4)c(F)c2NC(=O)c2c[nH]c(=O)cc2C(F)(F)F)CC(C)N1C. The first-order chi connectivity index (χ1) is 19.3. The summed E-state index contributed by atoms with van der Waals surface area (Å²) >= 11 is 0. The molecule has 1 amide bonds. The smallest absolute Gasteiger partial charge is 0.417 e. The Morgan fingerprint density at radius 3 is 2.34 bits per heavy atom. The maximum absolute atomic E-state index is 16.4. The van der Waals surface area contributed by atoms with Crippen molar-refractivity contribution in [2.24, 2.45) is 0 Å². The van der Waals surface area contributed by atoms with Gasteiger partial charge >= 0.3 is 6.18 Å². The van der Waals surface area contributed by atoms with E-state index in [4.69, 9.17) is 9.47 Å². The van der Waals surface area contributed by atoms with Gasteiger partial charge < -0.3 is 24.7 Å². The number of anilines is 2. The van der Waals surface area contributed by atoms with Gasteiger partial charge in [0.1, 0.15) is 24.7 Å². The molecule has 1 aromatic heterocycles. The number of benzene rings is 2. The maximum Gasteiger partial charge on any atom is 0.417 e. The molecule has 2 aliphatic rings. The minimum atomic E-state index is -5.04. The molecular formula is C28H27F5N4O4. The summed E-state index contributed by atoms with van der Waals surface area (Å²) in [5.41, 5.74) is -4.43. The molecule has 0 saturated carbocycles. The lowest BCUT2D eigenvalue weighted by Gasteiger charge is -2.44. The van der Waals surface area contributed by atoms with Crippen LogP contribution in [0, 0.1) is 11.6 Å². The van der Waals surface area contributed by atoms with Crippen LogP contribution in [0.25, 0.3) is 11.1 Å². The summed E-state index contributed by atoms with van der Waals surface area (Å²) in [5, 5.41) is 2.25. The van der Waals surface area contributed by atoms with E-state index in [0.29, 0.717) is 31.6 Å². The van der Waals surface area contributed by atoms with Crippen LogP contribution in [-0.4, -0.2) is 61.2 Å². The highest BCUT2D eigenvalue weighted by Crippen LogP contribution is 2.42. The molecule has 3 aromatic rings. The van der Waals surface area contributed by atoms with Crippen molar-refractivity contribution in [2.75, 3.05) is 43.6 Å². The number of hydrogen-bond donors (Lipinski definition) is 2. The van der Waals surface area contributed by atoms with E-state index in [9.17, 15) is 22.8 Å². The number of amides is 1. The molecule has 0 radical (unpaired) electrons. The van der Waals surface area contributed by atoms with Gasteiger partial charge in [-0.05, 0) is 38.6 Å². The highest BCUT2D eigenvalue weighted by atomic mass is 19.4. The molecule has 2 aromatic carbocycles. The Kier molecular flexibility index (Phi) is 7.41. The van der Waals surface area contributed by atoms with Crippen molar-refractivity contribution in [2.45, 2.75) is 32.1 Å². The zero-order chi connectivity index (χ0) is 29.6. The highest BCUT2D eigenvalue weighted by molar-refractivity contribution is 6.07. The minimum absolute atomic E-state index is 0.0283. The molecule has 218 valence electrons. The van der Waals surface area contributed by atoms with Crippen LogP contribution in [0.4, 0.5) is 33.3 Å². The molecule has 2 atom stereocenters. The van der Waals surface area contributed by atoms with Crippen LogP contribution >= 0.6 is 0 Å². The average molecular weight is 579 g/mol. The first-order valence-electron chi connectivity index (χ1n) is 12.8. The third-order valence-corrected chi connectivity index (χ3v) is 7.44. The van der Waals surface area contributed by atoms with Gasteiger partial charge in [-0.3, -0.25) is 14.5 Å². The number of carbonyl (C=O) groups is 1. The van der Waals surface area contributed by atoms with E-state index in [-0.39, 0.29) is 41.8 Å². The van der Waals surface area contributed by atoms with Gasteiger partial charge in [-0.25, -0.2) is 8.78 Å². The van der Waals surface area contributed by atoms with Crippen LogP contribution in [0.5, 0.6) is 11.5 Å². The monoisotopic (exact) mass is 578 g/mol. The van der Waals surface area contributed by atoms with E-state index in [1.807, 2.05) is 20.9 Å². The largest absolute Gasteiger partial charge is 0.486 e. The number of pyridine rings is 1. The van der Waals surface area contributed by atoms with Gasteiger partial charge in [0.05, 0.1) is 22.4 Å². The molecule has 13 heteroatoms. The number of likely N-dealkylation sites (N-methyl/N-ethyl adjacent to an activating group) is 1. The van der Waals surface area contributed by atoms with Crippen molar-refractivity contribution in [3.8, 4) is 22.6 Å². The maximum atomic E-state index is 16.4. The normalized spacial score (nSPS) is 19.3. The Morgan fingerprint density at radius 2 is 1.68 bits per heavy atom. The molecule has 2 N–H and O–H groups in total. The van der Waals surface area contributed by atoms with Gasteiger partial charge in [-0.2, -0.15) is 13.2 Å². The average Bonchev–Trinajstić information content (AvgIpc) is 2.92. The third kappa shape index (κ3) is 5.45. The summed E-state index contributed by atoms with van der Waals surface area (Å²) in [6.45, 7) is 5.06. The fraction of sp³-hybridized carbons (Fsp3) is 0.357. The lowest BCUT2D eigenvalue weighted by molar-refractivity contribution is -0.138. The fourth-order valence-electron chi connectivity index (χ4n) is 5.11. The zero-order valence-electron chi connectivity index (χ0n) is 22.4. The molecule has 2 unspecified atom stereocenters. The summed E-state index contributed by atoms with van der Waals surface area (Å²) in [6, 6.07) is 5.54. The van der Waals surface area contributed by atoms with Crippen molar-refractivity contribution in [3.63, 3.8) is 0 Å². The number of hydrogen-bond acceptors (Lipinski definition) is 6. The van der Waals surface area contributed by atoms with E-state index >= 15 is 8.78 Å². The number of H-pyrrole nitrogens is 1. The number of piperazine rings is 1. The van der Waals surface area contributed by atoms with Gasteiger partial charge in [0.2, 0.25) is 5.56 Å². The second-order valence-corrected chi connectivity index (χ2v) is 10.1. The molecule has 8 nitrogen and oxygen atoms in total. The number of nitrogens with zero attached hydrogens (tertiary/aromatic N) is 2. The van der Waals surface area contributed by atoms with Crippen LogP contribution in [0.2, 0.25) is 0 Å². The summed E-state index contributed by atoms with van der Waals surface area (Å²) in [7, 11) is 1.91. The Hall–Kier alpha value is -4.13.